The van der Waals surface area contributed by atoms with Crippen LogP contribution in [0.3, 0.4) is 0 Å². The van der Waals surface area contributed by atoms with E-state index in [9.17, 15) is 4.79 Å². The molecule has 6 nitrogen and oxygen atoms in total. The summed E-state index contributed by atoms with van der Waals surface area (Å²) in [4.78, 5) is 19.9. The molecule has 0 fully saturated rings. The lowest BCUT2D eigenvalue weighted by Crippen LogP contribution is -2.05. The largest absolute Gasteiger partial charge is 0.325 e. The highest BCUT2D eigenvalue weighted by Crippen LogP contribution is 2.32. The third kappa shape index (κ3) is 2.52. The van der Waals surface area contributed by atoms with Gasteiger partial charge in [0.05, 0.1) is 23.6 Å². The minimum Gasteiger partial charge on any atom is -0.325 e. The molecule has 0 saturated carbocycles. The summed E-state index contributed by atoms with van der Waals surface area (Å²) < 4.78 is 0.826. The summed E-state index contributed by atoms with van der Waals surface area (Å²) >= 11 is 3.50. The number of pyridine rings is 2. The van der Waals surface area contributed by atoms with Crippen LogP contribution in [0.4, 0.5) is 5.69 Å². The fourth-order valence-electron chi connectivity index (χ4n) is 2.71. The van der Waals surface area contributed by atoms with Gasteiger partial charge in [0.25, 0.3) is 0 Å². The molecule has 1 aromatic carbocycles. The fraction of sp³-hybridized carbons (Fsp3) is 0.0588. The predicted octanol–water partition coefficient (Wildman–Crippen LogP) is 3.89. The molecule has 118 valence electrons. The van der Waals surface area contributed by atoms with Crippen LogP contribution in [0.2, 0.25) is 0 Å². The molecule has 0 unspecified atom stereocenters. The maximum atomic E-state index is 11.2. The monoisotopic (exact) mass is 381 g/mol. The first kappa shape index (κ1) is 14.8. The molecule has 0 atom stereocenters. The van der Waals surface area contributed by atoms with E-state index in [0.717, 1.165) is 37.5 Å². The van der Waals surface area contributed by atoms with Crippen molar-refractivity contribution in [3.05, 3.63) is 47.5 Å². The van der Waals surface area contributed by atoms with Gasteiger partial charge in [0.15, 0.2) is 0 Å². The number of aromatic nitrogens is 4. The zero-order chi connectivity index (χ0) is 16.7. The Morgan fingerprint density at radius 2 is 2.00 bits per heavy atom. The van der Waals surface area contributed by atoms with Crippen molar-refractivity contribution in [3.63, 3.8) is 0 Å². The van der Waals surface area contributed by atoms with Crippen molar-refractivity contribution in [2.45, 2.75) is 6.92 Å². The summed E-state index contributed by atoms with van der Waals surface area (Å²) in [6.45, 7) is 1.47. The average Bonchev–Trinajstić information content (AvgIpc) is 2.96. The molecular formula is C17H12BrN5O. The second kappa shape index (κ2) is 5.68. The minimum atomic E-state index is -0.124. The highest BCUT2D eigenvalue weighted by Gasteiger charge is 2.10. The van der Waals surface area contributed by atoms with Crippen LogP contribution in [0.25, 0.3) is 32.9 Å². The summed E-state index contributed by atoms with van der Waals surface area (Å²) in [6.07, 6.45) is 5.14. The molecule has 0 spiro atoms. The summed E-state index contributed by atoms with van der Waals surface area (Å²) in [5.74, 6) is -0.124. The van der Waals surface area contributed by atoms with Gasteiger partial charge in [0, 0.05) is 29.5 Å². The van der Waals surface area contributed by atoms with E-state index in [0.29, 0.717) is 5.69 Å². The number of hydrogen-bond acceptors (Lipinski definition) is 4. The quantitative estimate of drug-likeness (QED) is 0.551. The molecule has 4 rings (SSSR count). The Hall–Kier alpha value is -2.80. The van der Waals surface area contributed by atoms with E-state index in [-0.39, 0.29) is 5.91 Å². The third-order valence-corrected chi connectivity index (χ3v) is 4.31. The smallest absolute Gasteiger partial charge is 0.221 e. The first-order valence-electron chi connectivity index (χ1n) is 7.27. The van der Waals surface area contributed by atoms with Crippen molar-refractivity contribution in [2.24, 2.45) is 0 Å². The Bertz CT molecular complexity index is 1090. The molecule has 1 amide bonds. The molecule has 3 heterocycles. The fourth-order valence-corrected chi connectivity index (χ4v) is 3.22. The van der Waals surface area contributed by atoms with Crippen molar-refractivity contribution < 1.29 is 4.79 Å². The Morgan fingerprint density at radius 3 is 2.83 bits per heavy atom. The number of amides is 1. The van der Waals surface area contributed by atoms with Gasteiger partial charge >= 0.3 is 0 Å². The standard InChI is InChI=1S/C17H12BrN5O/c1-9(24)21-12-4-11(6-19-7-12)10-2-3-14-13(5-10)16-15(8-20-14)22-23-17(16)18/h2-8H,1H3,(H,21,24)(H,22,23). The first-order chi connectivity index (χ1) is 11.6. The SMILES string of the molecule is CC(=O)Nc1cncc(-c2ccc3ncc4n[nH]c(Br)c4c3c2)c1. The summed E-state index contributed by atoms with van der Waals surface area (Å²) in [6, 6.07) is 7.91. The van der Waals surface area contributed by atoms with Crippen molar-refractivity contribution in [1.82, 2.24) is 20.2 Å². The van der Waals surface area contributed by atoms with Crippen LogP contribution in [0, 0.1) is 0 Å². The molecule has 0 aliphatic carbocycles. The van der Waals surface area contributed by atoms with E-state index < -0.39 is 0 Å². The maximum Gasteiger partial charge on any atom is 0.221 e. The highest BCUT2D eigenvalue weighted by atomic mass is 79.9. The summed E-state index contributed by atoms with van der Waals surface area (Å²) in [7, 11) is 0. The van der Waals surface area contributed by atoms with Gasteiger partial charge in [-0.1, -0.05) is 6.07 Å². The van der Waals surface area contributed by atoms with Crippen LogP contribution in [0.15, 0.2) is 47.5 Å². The number of benzene rings is 1. The van der Waals surface area contributed by atoms with Crippen LogP contribution < -0.4 is 5.32 Å². The van der Waals surface area contributed by atoms with Crippen molar-refractivity contribution in [3.8, 4) is 11.1 Å². The van der Waals surface area contributed by atoms with E-state index >= 15 is 0 Å². The van der Waals surface area contributed by atoms with Crippen LogP contribution in [-0.4, -0.2) is 26.1 Å². The van der Waals surface area contributed by atoms with E-state index in [4.69, 9.17) is 0 Å². The predicted molar refractivity (Wildman–Crippen MR) is 96.6 cm³/mol. The number of halogens is 1. The van der Waals surface area contributed by atoms with Crippen molar-refractivity contribution in [2.75, 3.05) is 5.32 Å². The third-order valence-electron chi connectivity index (χ3n) is 3.73. The number of rotatable bonds is 2. The number of nitrogens with zero attached hydrogens (tertiary/aromatic N) is 3. The maximum absolute atomic E-state index is 11.2. The van der Waals surface area contributed by atoms with E-state index in [2.05, 4.69) is 47.5 Å². The molecule has 24 heavy (non-hydrogen) atoms. The van der Waals surface area contributed by atoms with Crippen LogP contribution >= 0.6 is 15.9 Å². The number of carbonyl (C=O) groups excluding carboxylic acids is 1. The van der Waals surface area contributed by atoms with E-state index in [1.54, 1.807) is 18.6 Å². The lowest BCUT2D eigenvalue weighted by atomic mass is 10.0. The van der Waals surface area contributed by atoms with Gasteiger partial charge in [-0.05, 0) is 39.7 Å². The lowest BCUT2D eigenvalue weighted by molar-refractivity contribution is -0.114. The molecule has 0 aliphatic heterocycles. The van der Waals surface area contributed by atoms with Gasteiger partial charge in [-0.25, -0.2) is 0 Å². The lowest BCUT2D eigenvalue weighted by Gasteiger charge is -2.07. The molecule has 3 aromatic heterocycles. The van der Waals surface area contributed by atoms with E-state index in [1.165, 1.54) is 6.92 Å². The molecule has 4 aromatic rings. The van der Waals surface area contributed by atoms with Crippen LogP contribution in [0.5, 0.6) is 0 Å². The van der Waals surface area contributed by atoms with Crippen molar-refractivity contribution >= 4 is 49.3 Å². The minimum absolute atomic E-state index is 0.124. The first-order valence-corrected chi connectivity index (χ1v) is 8.06. The number of aromatic amines is 1. The van der Waals surface area contributed by atoms with Crippen molar-refractivity contribution in [1.29, 1.82) is 0 Å². The number of H-pyrrole nitrogens is 1. The zero-order valence-electron chi connectivity index (χ0n) is 12.7. The molecule has 0 bridgehead atoms. The van der Waals surface area contributed by atoms with Gasteiger partial charge in [-0.2, -0.15) is 5.10 Å². The van der Waals surface area contributed by atoms with Gasteiger partial charge in [-0.3, -0.25) is 19.9 Å². The number of hydrogen-bond donors (Lipinski definition) is 2. The Morgan fingerprint density at radius 1 is 1.12 bits per heavy atom. The molecular weight excluding hydrogens is 370 g/mol. The Kier molecular flexibility index (Phi) is 3.50. The van der Waals surface area contributed by atoms with Gasteiger partial charge in [-0.15, -0.1) is 0 Å². The normalized spacial score (nSPS) is 11.1. The Balaban J connectivity index is 1.90. The van der Waals surface area contributed by atoms with Gasteiger partial charge < -0.3 is 5.32 Å². The molecule has 0 radical (unpaired) electrons. The number of carbonyl (C=O) groups is 1. The highest BCUT2D eigenvalue weighted by molar-refractivity contribution is 9.10. The molecule has 0 saturated heterocycles. The zero-order valence-corrected chi connectivity index (χ0v) is 14.3. The van der Waals surface area contributed by atoms with Gasteiger partial charge in [0.2, 0.25) is 5.91 Å². The average molecular weight is 382 g/mol. The number of nitrogens with one attached hydrogen (secondary N) is 2. The number of anilines is 1. The topological polar surface area (TPSA) is 83.6 Å². The molecule has 7 heteroatoms. The Labute approximate surface area is 145 Å². The van der Waals surface area contributed by atoms with Gasteiger partial charge in [0.1, 0.15) is 10.1 Å². The van der Waals surface area contributed by atoms with E-state index in [1.807, 2.05) is 18.2 Å². The number of fused-ring (bicyclic) bond motifs is 3. The summed E-state index contributed by atoms with van der Waals surface area (Å²) in [5.41, 5.74) is 4.27. The molecule has 2 N–H and O–H groups in total. The second-order valence-electron chi connectivity index (χ2n) is 5.43. The molecule has 0 aliphatic rings. The second-order valence-corrected chi connectivity index (χ2v) is 6.22. The van der Waals surface area contributed by atoms with Crippen LogP contribution in [-0.2, 0) is 4.79 Å². The van der Waals surface area contributed by atoms with Crippen LogP contribution in [0.1, 0.15) is 6.92 Å². The summed E-state index contributed by atoms with van der Waals surface area (Å²) in [5, 5.41) is 11.9.